The number of nitrogens with zero attached hydrogens (tertiary/aromatic N) is 3. The topological polar surface area (TPSA) is 110 Å². The number of nitrogens with one attached hydrogen (secondary N) is 1. The summed E-state index contributed by atoms with van der Waals surface area (Å²) in [4.78, 5) is 20.5. The van der Waals surface area contributed by atoms with E-state index in [9.17, 15) is 4.79 Å². The average molecular weight is 438 g/mol. The maximum absolute atomic E-state index is 11.6. The molecule has 0 aliphatic heterocycles. The van der Waals surface area contributed by atoms with Crippen LogP contribution in [-0.4, -0.2) is 49.0 Å². The van der Waals surface area contributed by atoms with Crippen LogP contribution >= 0.6 is 0 Å². The van der Waals surface area contributed by atoms with E-state index in [0.717, 1.165) is 0 Å². The van der Waals surface area contributed by atoms with E-state index in [0.29, 0.717) is 56.6 Å². The number of rotatable bonds is 7. The minimum atomic E-state index is -0.241. The van der Waals surface area contributed by atoms with Gasteiger partial charge in [0.2, 0.25) is 11.7 Å². The molecule has 0 aliphatic rings. The van der Waals surface area contributed by atoms with Crippen molar-refractivity contribution in [3.05, 3.63) is 37.0 Å². The third kappa shape index (κ3) is 3.45. The van der Waals surface area contributed by atoms with Crippen molar-refractivity contribution in [2.75, 3.05) is 33.9 Å². The predicted octanol–water partition coefficient (Wildman–Crippen LogP) is 3.48. The molecule has 0 fully saturated rings. The Morgan fingerprint density at radius 1 is 0.969 bits per heavy atom. The molecular weight excluding hydrogens is 416 g/mol. The molecule has 0 saturated heterocycles. The maximum Gasteiger partial charge on any atom is 0.235 e. The fourth-order valence-corrected chi connectivity index (χ4v) is 3.56. The van der Waals surface area contributed by atoms with Gasteiger partial charge in [0.1, 0.15) is 28.8 Å². The minimum Gasteiger partial charge on any atom is -0.494 e. The van der Waals surface area contributed by atoms with Crippen molar-refractivity contribution in [1.29, 1.82) is 0 Å². The Balaban J connectivity index is 1.92. The molecule has 2 aromatic carbocycles. The first-order valence-electron chi connectivity index (χ1n) is 9.58. The summed E-state index contributed by atoms with van der Waals surface area (Å²) in [6, 6.07) is 7.19. The van der Waals surface area contributed by atoms with Gasteiger partial charge in [-0.15, -0.1) is 0 Å². The lowest BCUT2D eigenvalue weighted by atomic mass is 10.0. The van der Waals surface area contributed by atoms with Crippen LogP contribution in [0.4, 0.5) is 0 Å². The number of methoxy groups -OCH3 is 4. The molecule has 2 heterocycles. The summed E-state index contributed by atoms with van der Waals surface area (Å²) in [6.45, 7) is 1.42. The zero-order valence-electron chi connectivity index (χ0n) is 18.3. The van der Waals surface area contributed by atoms with Crippen molar-refractivity contribution in [2.24, 2.45) is 0 Å². The number of fused-ring (bicyclic) bond motifs is 1. The molecule has 166 valence electrons. The van der Waals surface area contributed by atoms with E-state index in [1.54, 1.807) is 46.6 Å². The standard InChI is InChI=1S/C22H22N4O6/c1-12(27)25-26-10-23-19-14(6-7-15(28-2)20(19)26)21-18(24-11-32-21)13-8-16(29-3)22(31-5)17(9-13)30-4/h6-11H,1-5H3,(H,25,27). The van der Waals surface area contributed by atoms with Crippen molar-refractivity contribution in [2.45, 2.75) is 6.92 Å². The molecule has 1 N–H and O–H groups in total. The van der Waals surface area contributed by atoms with E-state index in [-0.39, 0.29) is 5.91 Å². The van der Waals surface area contributed by atoms with Crippen LogP contribution in [0.25, 0.3) is 33.6 Å². The Kier molecular flexibility index (Phi) is 5.59. The highest BCUT2D eigenvalue weighted by Crippen LogP contribution is 2.44. The van der Waals surface area contributed by atoms with Crippen molar-refractivity contribution in [3.8, 4) is 45.6 Å². The number of hydrogen-bond acceptors (Lipinski definition) is 8. The van der Waals surface area contributed by atoms with Crippen molar-refractivity contribution in [3.63, 3.8) is 0 Å². The zero-order chi connectivity index (χ0) is 22.8. The molecule has 0 bridgehead atoms. The first-order valence-corrected chi connectivity index (χ1v) is 9.58. The molecular formula is C22H22N4O6. The van der Waals surface area contributed by atoms with Crippen LogP contribution in [0.2, 0.25) is 0 Å². The van der Waals surface area contributed by atoms with E-state index in [1.165, 1.54) is 24.3 Å². The third-order valence-electron chi connectivity index (χ3n) is 4.91. The molecule has 0 atom stereocenters. The summed E-state index contributed by atoms with van der Waals surface area (Å²) in [5.74, 6) is 2.25. The Hall–Kier alpha value is -4.21. The molecule has 32 heavy (non-hydrogen) atoms. The molecule has 0 unspecified atom stereocenters. The summed E-state index contributed by atoms with van der Waals surface area (Å²) in [5.41, 5.74) is 5.80. The molecule has 0 aliphatic carbocycles. The largest absolute Gasteiger partial charge is 0.494 e. The van der Waals surface area contributed by atoms with Gasteiger partial charge in [-0.2, -0.15) is 0 Å². The molecule has 1 amide bonds. The van der Waals surface area contributed by atoms with Gasteiger partial charge in [-0.05, 0) is 24.3 Å². The van der Waals surface area contributed by atoms with Crippen molar-refractivity contribution < 1.29 is 28.2 Å². The fourth-order valence-electron chi connectivity index (χ4n) is 3.56. The van der Waals surface area contributed by atoms with Crippen molar-refractivity contribution >= 4 is 16.9 Å². The highest BCUT2D eigenvalue weighted by Gasteiger charge is 2.23. The van der Waals surface area contributed by atoms with Crippen LogP contribution in [0.15, 0.2) is 41.4 Å². The first kappa shape index (κ1) is 21.0. The Bertz CT molecular complexity index is 1270. The molecule has 2 aromatic heterocycles. The first-order chi connectivity index (χ1) is 15.5. The number of aromatic nitrogens is 3. The molecule has 10 nitrogen and oxygen atoms in total. The highest BCUT2D eigenvalue weighted by atomic mass is 16.5. The molecule has 0 radical (unpaired) electrons. The summed E-state index contributed by atoms with van der Waals surface area (Å²) >= 11 is 0. The van der Waals surface area contributed by atoms with Gasteiger partial charge in [-0.1, -0.05) is 0 Å². The number of carbonyl (C=O) groups is 1. The lowest BCUT2D eigenvalue weighted by Gasteiger charge is -2.14. The summed E-state index contributed by atoms with van der Waals surface area (Å²) in [5, 5.41) is 0. The fraction of sp³-hybridized carbons (Fsp3) is 0.227. The average Bonchev–Trinajstić information content (AvgIpc) is 3.45. The summed E-state index contributed by atoms with van der Waals surface area (Å²) < 4.78 is 29.1. The number of carbonyl (C=O) groups excluding carboxylic acids is 1. The van der Waals surface area contributed by atoms with Crippen LogP contribution < -0.4 is 24.4 Å². The Morgan fingerprint density at radius 3 is 2.25 bits per heavy atom. The quantitative estimate of drug-likeness (QED) is 0.467. The van der Waals surface area contributed by atoms with E-state index in [1.807, 2.05) is 6.07 Å². The molecule has 4 aromatic rings. The van der Waals surface area contributed by atoms with Crippen LogP contribution in [-0.2, 0) is 4.79 Å². The van der Waals surface area contributed by atoms with Gasteiger partial charge in [0.25, 0.3) is 0 Å². The van der Waals surface area contributed by atoms with E-state index in [4.69, 9.17) is 23.4 Å². The lowest BCUT2D eigenvalue weighted by Crippen LogP contribution is -2.18. The second-order valence-electron chi connectivity index (χ2n) is 6.74. The summed E-state index contributed by atoms with van der Waals surface area (Å²) in [6.07, 6.45) is 2.86. The molecule has 4 rings (SSSR count). The van der Waals surface area contributed by atoms with Crippen LogP contribution in [0.3, 0.4) is 0 Å². The third-order valence-corrected chi connectivity index (χ3v) is 4.91. The maximum atomic E-state index is 11.6. The molecule has 10 heteroatoms. The monoisotopic (exact) mass is 438 g/mol. The van der Waals surface area contributed by atoms with Crippen LogP contribution in [0.5, 0.6) is 23.0 Å². The van der Waals surface area contributed by atoms with E-state index < -0.39 is 0 Å². The predicted molar refractivity (Wildman–Crippen MR) is 117 cm³/mol. The van der Waals surface area contributed by atoms with E-state index in [2.05, 4.69) is 15.4 Å². The van der Waals surface area contributed by atoms with Gasteiger partial charge in [0.15, 0.2) is 23.7 Å². The number of ether oxygens (including phenoxy) is 4. The van der Waals surface area contributed by atoms with Gasteiger partial charge < -0.3 is 23.4 Å². The lowest BCUT2D eigenvalue weighted by molar-refractivity contribution is -0.115. The smallest absolute Gasteiger partial charge is 0.235 e. The second kappa shape index (κ2) is 8.50. The van der Waals surface area contributed by atoms with E-state index >= 15 is 0 Å². The van der Waals surface area contributed by atoms with Crippen LogP contribution in [0, 0.1) is 0 Å². The minimum absolute atomic E-state index is 0.241. The van der Waals surface area contributed by atoms with Gasteiger partial charge in [-0.25, -0.2) is 14.6 Å². The number of amides is 1. The Labute approximate surface area is 183 Å². The van der Waals surface area contributed by atoms with Crippen molar-refractivity contribution in [1.82, 2.24) is 14.6 Å². The molecule has 0 saturated carbocycles. The van der Waals surface area contributed by atoms with Gasteiger partial charge in [-0.3, -0.25) is 10.2 Å². The number of hydrogen-bond donors (Lipinski definition) is 1. The molecule has 0 spiro atoms. The number of imidazole rings is 1. The summed E-state index contributed by atoms with van der Waals surface area (Å²) in [7, 11) is 6.19. The van der Waals surface area contributed by atoms with Gasteiger partial charge >= 0.3 is 0 Å². The second-order valence-corrected chi connectivity index (χ2v) is 6.74. The van der Waals surface area contributed by atoms with Gasteiger partial charge in [0, 0.05) is 18.1 Å². The van der Waals surface area contributed by atoms with Crippen LogP contribution in [0.1, 0.15) is 6.92 Å². The number of oxazole rings is 1. The van der Waals surface area contributed by atoms with Gasteiger partial charge in [0.05, 0.1) is 28.4 Å². The highest BCUT2D eigenvalue weighted by molar-refractivity contribution is 5.98. The zero-order valence-corrected chi connectivity index (χ0v) is 18.3. The Morgan fingerprint density at radius 2 is 1.66 bits per heavy atom. The SMILES string of the molecule is COc1cc(-c2ncoc2-c2ccc(OC)c3c2ncn3NC(C)=O)cc(OC)c1OC. The number of benzene rings is 2. The normalized spacial score (nSPS) is 10.8.